The molecule has 12 heteroatoms. The Kier molecular flexibility index (Phi) is 4.71. The number of aromatic nitrogens is 6. The highest BCUT2D eigenvalue weighted by Crippen LogP contribution is 2.39. The molecule has 12 nitrogen and oxygen atoms in total. The van der Waals surface area contributed by atoms with Crippen LogP contribution >= 0.6 is 0 Å². The molecule has 0 saturated heterocycles. The molecule has 1 saturated carbocycles. The number of methoxy groups -OCH3 is 1. The Morgan fingerprint density at radius 2 is 2.06 bits per heavy atom. The number of rotatable bonds is 7. The smallest absolute Gasteiger partial charge is 0.273 e. The van der Waals surface area contributed by atoms with Gasteiger partial charge in [0.2, 0.25) is 11.7 Å². The molecule has 2 heterocycles. The van der Waals surface area contributed by atoms with Gasteiger partial charge in [0.05, 0.1) is 31.1 Å². The number of para-hydroxylation sites is 1. The fourth-order valence-electron chi connectivity index (χ4n) is 3.25. The van der Waals surface area contributed by atoms with Crippen molar-refractivity contribution in [1.29, 1.82) is 0 Å². The zero-order valence-electron chi connectivity index (χ0n) is 20.6. The van der Waals surface area contributed by atoms with Crippen molar-refractivity contribution in [3.63, 3.8) is 0 Å². The van der Waals surface area contributed by atoms with Crippen molar-refractivity contribution in [2.75, 3.05) is 24.7 Å². The summed E-state index contributed by atoms with van der Waals surface area (Å²) in [6.45, 7) is -0.767. The first-order chi connectivity index (χ1) is 16.6. The van der Waals surface area contributed by atoms with Crippen molar-refractivity contribution >= 4 is 29.0 Å². The zero-order valence-corrected chi connectivity index (χ0v) is 17.6. The molecule has 1 aliphatic rings. The summed E-state index contributed by atoms with van der Waals surface area (Å²) in [5, 5.41) is 27.4. The van der Waals surface area contributed by atoms with E-state index in [0.29, 0.717) is 22.8 Å². The van der Waals surface area contributed by atoms with Crippen molar-refractivity contribution in [3.05, 3.63) is 30.0 Å². The molecule has 4 rings (SSSR count). The minimum Gasteiger partial charge on any atom is -0.494 e. The monoisotopic (exact) mass is 440 g/mol. The summed E-state index contributed by atoms with van der Waals surface area (Å²) in [5.41, 5.74) is 0.742. The third-order valence-electron chi connectivity index (χ3n) is 5.06. The zero-order chi connectivity index (χ0) is 25.3. The average Bonchev–Trinajstić information content (AvgIpc) is 3.36. The second kappa shape index (κ2) is 8.57. The lowest BCUT2D eigenvalue weighted by molar-refractivity contribution is -0.117. The van der Waals surface area contributed by atoms with Crippen molar-refractivity contribution in [1.82, 2.24) is 35.7 Å². The molecule has 1 aliphatic carbocycles. The van der Waals surface area contributed by atoms with Gasteiger partial charge in [-0.15, -0.1) is 20.4 Å². The first-order valence-corrected chi connectivity index (χ1v) is 9.75. The number of ether oxygens (including phenoxy) is 1. The first-order valence-electron chi connectivity index (χ1n) is 11.2. The normalized spacial score (nSPS) is 18.7. The molecule has 0 aliphatic heterocycles. The predicted molar refractivity (Wildman–Crippen MR) is 115 cm³/mol. The number of hydrogen-bond donors (Lipinski definition) is 3. The number of tetrazole rings is 1. The number of nitrogens with one attached hydrogen (secondary N) is 3. The molecule has 1 fully saturated rings. The van der Waals surface area contributed by atoms with Crippen LogP contribution in [0.25, 0.3) is 11.4 Å². The number of anilines is 3. The average molecular weight is 440 g/mol. The lowest BCUT2D eigenvalue weighted by Gasteiger charge is -2.16. The van der Waals surface area contributed by atoms with Gasteiger partial charge in [0, 0.05) is 23.1 Å². The van der Waals surface area contributed by atoms with Gasteiger partial charge in [0.25, 0.3) is 5.91 Å². The van der Waals surface area contributed by atoms with Gasteiger partial charge >= 0.3 is 0 Å². The number of benzene rings is 1. The molecule has 2 amide bonds. The standard InChI is InChI=1S/C20H23N9O3/c1-10-8-12(10)19(30)23-15-9-14(16(25-24-15)20(31)21-2)22-13-7-5-6-11(17(13)32-4)18-26-28-29(3)27-18/h5-7,9-10,12H,8H2,1-4H3,(H,21,31)(H2,22,23,24,30)/t10-,12?/m1/s1/i2D3. The molecule has 3 aromatic rings. The number of aryl methyl sites for hydroxylation is 1. The maximum atomic E-state index is 12.6. The maximum Gasteiger partial charge on any atom is 0.273 e. The number of carbonyl (C=O) groups excluding carboxylic acids is 2. The number of hydrogen-bond acceptors (Lipinski definition) is 9. The summed E-state index contributed by atoms with van der Waals surface area (Å²) >= 11 is 0. The number of amides is 2. The Labute approximate surface area is 188 Å². The van der Waals surface area contributed by atoms with E-state index in [4.69, 9.17) is 8.85 Å². The van der Waals surface area contributed by atoms with E-state index in [1.807, 2.05) is 12.2 Å². The summed E-state index contributed by atoms with van der Waals surface area (Å²) in [6.07, 6.45) is 0.782. The van der Waals surface area contributed by atoms with Crippen molar-refractivity contribution < 1.29 is 18.4 Å². The van der Waals surface area contributed by atoms with Gasteiger partial charge in [-0.3, -0.25) is 9.59 Å². The molecule has 166 valence electrons. The van der Waals surface area contributed by atoms with Crippen molar-refractivity contribution in [3.8, 4) is 17.1 Å². The van der Waals surface area contributed by atoms with Crippen LogP contribution in [0.15, 0.2) is 24.3 Å². The molecule has 1 unspecified atom stereocenters. The molecule has 32 heavy (non-hydrogen) atoms. The van der Waals surface area contributed by atoms with Gasteiger partial charge in [-0.2, -0.15) is 4.80 Å². The van der Waals surface area contributed by atoms with E-state index in [-0.39, 0.29) is 34.9 Å². The van der Waals surface area contributed by atoms with E-state index >= 15 is 0 Å². The fraction of sp³-hybridized carbons (Fsp3) is 0.350. The Hall–Kier alpha value is -4.09. The molecule has 0 radical (unpaired) electrons. The van der Waals surface area contributed by atoms with Gasteiger partial charge < -0.3 is 20.7 Å². The summed E-state index contributed by atoms with van der Waals surface area (Å²) in [7, 11) is 3.08. The van der Waals surface area contributed by atoms with Crippen LogP contribution in [-0.4, -0.2) is 56.3 Å². The van der Waals surface area contributed by atoms with E-state index in [1.165, 1.54) is 18.0 Å². The Morgan fingerprint density at radius 3 is 2.72 bits per heavy atom. The first kappa shape index (κ1) is 17.6. The van der Waals surface area contributed by atoms with Crippen LogP contribution in [0, 0.1) is 11.8 Å². The van der Waals surface area contributed by atoms with E-state index < -0.39 is 12.9 Å². The lowest BCUT2D eigenvalue weighted by Crippen LogP contribution is -2.22. The van der Waals surface area contributed by atoms with Crippen LogP contribution < -0.4 is 20.7 Å². The Balaban J connectivity index is 1.71. The molecular weight excluding hydrogens is 414 g/mol. The minimum absolute atomic E-state index is 0.100. The summed E-state index contributed by atoms with van der Waals surface area (Å²) in [6, 6.07) is 6.52. The summed E-state index contributed by atoms with van der Waals surface area (Å²) < 4.78 is 27.6. The highest BCUT2D eigenvalue weighted by atomic mass is 16.5. The third kappa shape index (κ3) is 4.19. The van der Waals surface area contributed by atoms with Gasteiger partial charge in [-0.25, -0.2) is 0 Å². The predicted octanol–water partition coefficient (Wildman–Crippen LogP) is 1.37. The van der Waals surface area contributed by atoms with Crippen LogP contribution in [0.3, 0.4) is 0 Å². The fourth-order valence-corrected chi connectivity index (χ4v) is 3.25. The van der Waals surface area contributed by atoms with Crippen molar-refractivity contribution in [2.24, 2.45) is 18.9 Å². The third-order valence-corrected chi connectivity index (χ3v) is 5.06. The number of carbonyl (C=O) groups is 2. The van der Waals surface area contributed by atoms with Crippen molar-refractivity contribution in [2.45, 2.75) is 13.3 Å². The van der Waals surface area contributed by atoms with Crippen LogP contribution in [-0.2, 0) is 11.8 Å². The summed E-state index contributed by atoms with van der Waals surface area (Å²) in [5.74, 6) is -0.239. The van der Waals surface area contributed by atoms with E-state index in [2.05, 4.69) is 36.2 Å². The Morgan fingerprint density at radius 1 is 1.25 bits per heavy atom. The molecule has 0 spiro atoms. The highest BCUT2D eigenvalue weighted by Gasteiger charge is 2.39. The molecule has 2 aromatic heterocycles. The summed E-state index contributed by atoms with van der Waals surface area (Å²) in [4.78, 5) is 26.3. The highest BCUT2D eigenvalue weighted by molar-refractivity contribution is 6.00. The van der Waals surface area contributed by atoms with Gasteiger partial charge in [-0.05, 0) is 29.7 Å². The lowest BCUT2D eigenvalue weighted by atomic mass is 10.1. The second-order valence-corrected chi connectivity index (χ2v) is 7.37. The molecule has 3 N–H and O–H groups in total. The number of nitrogens with zero attached hydrogens (tertiary/aromatic N) is 6. The van der Waals surface area contributed by atoms with Crippen LogP contribution in [0.2, 0.25) is 0 Å². The largest absolute Gasteiger partial charge is 0.494 e. The molecule has 1 aromatic carbocycles. The molecular formula is C20H23N9O3. The molecule has 2 atom stereocenters. The van der Waals surface area contributed by atoms with Crippen LogP contribution in [0.4, 0.5) is 17.2 Å². The van der Waals surface area contributed by atoms with E-state index in [1.54, 1.807) is 25.2 Å². The van der Waals surface area contributed by atoms with Crippen LogP contribution in [0.5, 0.6) is 5.75 Å². The van der Waals surface area contributed by atoms with Gasteiger partial charge in [0.15, 0.2) is 17.3 Å². The quantitative estimate of drug-likeness (QED) is 0.495. The van der Waals surface area contributed by atoms with E-state index in [0.717, 1.165) is 6.42 Å². The van der Waals surface area contributed by atoms with Gasteiger partial charge in [0.1, 0.15) is 0 Å². The van der Waals surface area contributed by atoms with Gasteiger partial charge in [-0.1, -0.05) is 13.0 Å². The second-order valence-electron chi connectivity index (χ2n) is 7.37. The maximum absolute atomic E-state index is 12.6. The van der Waals surface area contributed by atoms with Crippen LogP contribution in [0.1, 0.15) is 27.9 Å². The molecule has 0 bridgehead atoms. The topological polar surface area (TPSA) is 149 Å². The van der Waals surface area contributed by atoms with E-state index in [9.17, 15) is 9.59 Å². The minimum atomic E-state index is -2.74. The Bertz CT molecular complexity index is 1280. The SMILES string of the molecule is [2H]C([2H])([2H])NC(=O)c1nnc(NC(=O)C2C[C@H]2C)cc1Nc1cccc(-c2nnn(C)n2)c1OC.